The average Bonchev–Trinajstić information content (AvgIpc) is 3.36. The lowest BCUT2D eigenvalue weighted by molar-refractivity contribution is -0.244. The number of carbonyl (C=O) groups is 1. The molecule has 7 nitrogen and oxygen atoms in total. The van der Waals surface area contributed by atoms with E-state index in [1.54, 1.807) is 17.5 Å². The summed E-state index contributed by atoms with van der Waals surface area (Å²) in [7, 11) is 0. The van der Waals surface area contributed by atoms with Gasteiger partial charge in [0.1, 0.15) is 11.3 Å². The predicted octanol–water partition coefficient (Wildman–Crippen LogP) is 5.66. The zero-order chi connectivity index (χ0) is 29.5. The van der Waals surface area contributed by atoms with Crippen molar-refractivity contribution in [2.24, 2.45) is 0 Å². The number of carbonyl (C=O) groups excluding carboxylic acids is 2. The van der Waals surface area contributed by atoms with Crippen LogP contribution in [-0.4, -0.2) is 64.6 Å². The molecule has 42 heavy (non-hydrogen) atoms. The van der Waals surface area contributed by atoms with Gasteiger partial charge in [-0.3, -0.25) is 14.6 Å². The predicted molar refractivity (Wildman–Crippen MR) is 168 cm³/mol. The summed E-state index contributed by atoms with van der Waals surface area (Å²) in [6.07, 6.45) is 5.39. The highest BCUT2D eigenvalue weighted by molar-refractivity contribution is 8.03. The van der Waals surface area contributed by atoms with Gasteiger partial charge in [-0.2, -0.15) is 5.06 Å². The van der Waals surface area contributed by atoms with Gasteiger partial charge >= 0.3 is 0 Å². The Morgan fingerprint density at radius 3 is 2.19 bits per heavy atom. The number of nitrogens with one attached hydrogen (secondary N) is 1. The Morgan fingerprint density at radius 2 is 1.64 bits per heavy atom. The van der Waals surface area contributed by atoms with Crippen molar-refractivity contribution in [2.45, 2.75) is 50.6 Å². The Kier molecular flexibility index (Phi) is 9.73. The number of rotatable bonds is 8. The standard InChI is InChI=1S/C34H38N4O3S/c1-34(2,3)41-38-31(29(24-39)42-33(38)28-15-10-18-35-23-28)32(40)36-19-22-37-20-16-27(17-21-37)30(25-11-6-4-7-12-25)26-13-8-5-9-14-26/h4-15,18,23,31,33H,16-17,19-22H2,1-3H3,(H,36,40)/t31-,33?/m0/s1. The lowest BCUT2D eigenvalue weighted by Crippen LogP contribution is -2.49. The summed E-state index contributed by atoms with van der Waals surface area (Å²) in [4.78, 5) is 38.6. The highest BCUT2D eigenvalue weighted by Crippen LogP contribution is 2.48. The molecular formula is C34H38N4O3S. The average molecular weight is 583 g/mol. The van der Waals surface area contributed by atoms with Crippen molar-refractivity contribution in [1.29, 1.82) is 0 Å². The van der Waals surface area contributed by atoms with E-state index in [1.165, 1.54) is 34.0 Å². The van der Waals surface area contributed by atoms with E-state index in [9.17, 15) is 9.59 Å². The van der Waals surface area contributed by atoms with Crippen LogP contribution in [0.3, 0.4) is 0 Å². The van der Waals surface area contributed by atoms with E-state index in [-0.39, 0.29) is 11.3 Å². The molecule has 0 spiro atoms. The van der Waals surface area contributed by atoms with Crippen LogP contribution in [0.2, 0.25) is 0 Å². The van der Waals surface area contributed by atoms with Gasteiger partial charge in [0, 0.05) is 44.1 Å². The Bertz CT molecular complexity index is 1380. The summed E-state index contributed by atoms with van der Waals surface area (Å²) in [5.74, 6) is 1.74. The Labute approximate surface area is 252 Å². The van der Waals surface area contributed by atoms with Crippen LogP contribution in [0.25, 0.3) is 5.57 Å². The van der Waals surface area contributed by atoms with Gasteiger partial charge in [0.15, 0.2) is 6.04 Å². The molecule has 0 radical (unpaired) electrons. The summed E-state index contributed by atoms with van der Waals surface area (Å²) in [5, 5.41) is 4.32. The first-order chi connectivity index (χ1) is 20.3. The number of thioether (sulfide) groups is 1. The minimum absolute atomic E-state index is 0.260. The molecule has 3 aromatic rings. The van der Waals surface area contributed by atoms with E-state index in [4.69, 9.17) is 4.84 Å². The van der Waals surface area contributed by atoms with E-state index < -0.39 is 11.6 Å². The fraction of sp³-hybridized carbons (Fsp3) is 0.353. The van der Waals surface area contributed by atoms with Gasteiger partial charge in [-0.15, -0.1) is 0 Å². The molecule has 2 saturated heterocycles. The van der Waals surface area contributed by atoms with E-state index in [2.05, 4.69) is 75.9 Å². The van der Waals surface area contributed by atoms with Crippen molar-refractivity contribution in [3.8, 4) is 0 Å². The number of pyridine rings is 1. The third-order valence-electron chi connectivity index (χ3n) is 7.34. The van der Waals surface area contributed by atoms with Crippen LogP contribution in [0.15, 0.2) is 95.7 Å². The molecule has 0 saturated carbocycles. The van der Waals surface area contributed by atoms with Crippen LogP contribution < -0.4 is 5.32 Å². The maximum atomic E-state index is 13.5. The Balaban J connectivity index is 1.23. The van der Waals surface area contributed by atoms with Crippen molar-refractivity contribution >= 4 is 29.2 Å². The largest absolute Gasteiger partial charge is 0.353 e. The van der Waals surface area contributed by atoms with Crippen LogP contribution in [0.1, 0.15) is 55.7 Å². The smallest absolute Gasteiger partial charge is 0.245 e. The Morgan fingerprint density at radius 1 is 1.00 bits per heavy atom. The van der Waals surface area contributed by atoms with Gasteiger partial charge in [-0.25, -0.2) is 4.79 Å². The third-order valence-corrected chi connectivity index (χ3v) is 8.60. The summed E-state index contributed by atoms with van der Waals surface area (Å²) >= 11 is 1.29. The fourth-order valence-electron chi connectivity index (χ4n) is 5.47. The number of hydroxylamine groups is 2. The van der Waals surface area contributed by atoms with Crippen LogP contribution in [0.4, 0.5) is 0 Å². The topological polar surface area (TPSA) is 74.8 Å². The second kappa shape index (κ2) is 13.6. The van der Waals surface area contributed by atoms with Crippen LogP contribution >= 0.6 is 11.8 Å². The second-order valence-corrected chi connectivity index (χ2v) is 12.7. The molecule has 2 aliphatic rings. The van der Waals surface area contributed by atoms with E-state index in [1.807, 2.05) is 38.8 Å². The molecule has 0 bridgehead atoms. The summed E-state index contributed by atoms with van der Waals surface area (Å²) in [6.45, 7) is 8.85. The Hall–Kier alpha value is -3.52. The lowest BCUT2D eigenvalue weighted by atomic mass is 9.88. The number of hydrogen-bond donors (Lipinski definition) is 1. The van der Waals surface area contributed by atoms with Gasteiger partial charge in [-0.05, 0) is 56.4 Å². The first-order valence-electron chi connectivity index (χ1n) is 14.5. The molecule has 3 heterocycles. The molecular weight excluding hydrogens is 544 g/mol. The first kappa shape index (κ1) is 30.0. The number of aromatic nitrogens is 1. The minimum Gasteiger partial charge on any atom is -0.353 e. The molecule has 1 aromatic heterocycles. The van der Waals surface area contributed by atoms with Crippen LogP contribution in [0, 0.1) is 0 Å². The molecule has 0 aliphatic carbocycles. The van der Waals surface area contributed by atoms with E-state index in [0.29, 0.717) is 11.4 Å². The normalized spacial score (nSPS) is 19.9. The maximum absolute atomic E-state index is 13.5. The van der Waals surface area contributed by atoms with Crippen LogP contribution in [0.5, 0.6) is 0 Å². The molecule has 5 rings (SSSR count). The number of amides is 1. The molecule has 2 fully saturated rings. The van der Waals surface area contributed by atoms with Crippen molar-refractivity contribution in [1.82, 2.24) is 20.3 Å². The molecule has 8 heteroatoms. The highest BCUT2D eigenvalue weighted by atomic mass is 32.2. The number of benzene rings is 2. The minimum atomic E-state index is -0.868. The zero-order valence-electron chi connectivity index (χ0n) is 24.5. The fourth-order valence-corrected chi connectivity index (χ4v) is 6.64. The SMILES string of the molecule is CC(C)(C)ON1C(c2cccnc2)SC(=C=O)[C@H]1C(=O)NCCN1CCC(=C(c2ccccc2)c2ccccc2)CC1. The molecule has 1 N–H and O–H groups in total. The third kappa shape index (κ3) is 7.27. The molecule has 1 amide bonds. The molecule has 218 valence electrons. The molecule has 2 aliphatic heterocycles. The van der Waals surface area contributed by atoms with Crippen molar-refractivity contribution < 1.29 is 14.4 Å². The second-order valence-electron chi connectivity index (χ2n) is 11.5. The summed E-state index contributed by atoms with van der Waals surface area (Å²) in [6, 6.07) is 24.1. The zero-order valence-corrected chi connectivity index (χ0v) is 25.3. The lowest BCUT2D eigenvalue weighted by Gasteiger charge is -2.33. The summed E-state index contributed by atoms with van der Waals surface area (Å²) in [5.41, 5.74) is 5.59. The van der Waals surface area contributed by atoms with Crippen molar-refractivity contribution in [3.63, 3.8) is 0 Å². The number of likely N-dealkylation sites (tertiary alicyclic amines) is 1. The molecule has 2 aromatic carbocycles. The van der Waals surface area contributed by atoms with Gasteiger partial charge in [0.05, 0.1) is 10.5 Å². The maximum Gasteiger partial charge on any atom is 0.245 e. The summed E-state index contributed by atoms with van der Waals surface area (Å²) < 4.78 is 0. The first-order valence-corrected chi connectivity index (χ1v) is 15.3. The number of nitrogens with zero attached hydrogens (tertiary/aromatic N) is 3. The van der Waals surface area contributed by atoms with Gasteiger partial charge in [-0.1, -0.05) is 84.1 Å². The van der Waals surface area contributed by atoms with Gasteiger partial charge < -0.3 is 10.2 Å². The van der Waals surface area contributed by atoms with Gasteiger partial charge in [0.25, 0.3) is 0 Å². The van der Waals surface area contributed by atoms with E-state index >= 15 is 0 Å². The number of piperidine rings is 1. The molecule has 2 atom stereocenters. The van der Waals surface area contributed by atoms with Crippen molar-refractivity contribution in [2.75, 3.05) is 26.2 Å². The quantitative estimate of drug-likeness (QED) is 0.344. The van der Waals surface area contributed by atoms with Crippen molar-refractivity contribution in [3.05, 3.63) is 112 Å². The molecule has 1 unspecified atom stereocenters. The highest BCUT2D eigenvalue weighted by Gasteiger charge is 2.47. The van der Waals surface area contributed by atoms with Gasteiger partial charge in [0.2, 0.25) is 5.91 Å². The van der Waals surface area contributed by atoms with E-state index in [0.717, 1.165) is 38.0 Å². The van der Waals surface area contributed by atoms with Crippen LogP contribution in [-0.2, 0) is 14.4 Å². The monoisotopic (exact) mass is 582 g/mol. The number of hydrogen-bond acceptors (Lipinski definition) is 7.